The van der Waals surface area contributed by atoms with E-state index in [2.05, 4.69) is 15.9 Å². The van der Waals surface area contributed by atoms with Crippen molar-refractivity contribution < 1.29 is 14.3 Å². The molecule has 3 aliphatic rings. The maximum absolute atomic E-state index is 12.4. The third kappa shape index (κ3) is 5.40. The second kappa shape index (κ2) is 9.22. The molecule has 0 radical (unpaired) electrons. The van der Waals surface area contributed by atoms with E-state index in [1.807, 2.05) is 37.8 Å². The lowest BCUT2D eigenvalue weighted by Crippen LogP contribution is -2.46. The Labute approximate surface area is 196 Å². The molecule has 0 aliphatic carbocycles. The van der Waals surface area contributed by atoms with Gasteiger partial charge in [0.1, 0.15) is 11.4 Å². The number of nitrogens with zero attached hydrogens (tertiary/aromatic N) is 3. The molecule has 0 atom stereocenters. The second-order valence-corrected chi connectivity index (χ2v) is 11.1. The van der Waals surface area contributed by atoms with Crippen molar-refractivity contribution in [1.29, 1.82) is 0 Å². The van der Waals surface area contributed by atoms with Gasteiger partial charge >= 0.3 is 6.09 Å². The average molecular weight is 462 g/mol. The van der Waals surface area contributed by atoms with Crippen LogP contribution in [-0.4, -0.2) is 66.5 Å². The first-order valence-electron chi connectivity index (χ1n) is 11.9. The van der Waals surface area contributed by atoms with Gasteiger partial charge in [0.2, 0.25) is 0 Å². The minimum Gasteiger partial charge on any atom is -0.444 e. The van der Waals surface area contributed by atoms with Crippen molar-refractivity contribution in [2.45, 2.75) is 65.0 Å². The number of benzene rings is 1. The molecule has 4 rings (SSSR count). The van der Waals surface area contributed by atoms with Gasteiger partial charge in [-0.2, -0.15) is 0 Å². The van der Waals surface area contributed by atoms with Crippen LogP contribution in [0.4, 0.5) is 10.5 Å². The van der Waals surface area contributed by atoms with Crippen molar-refractivity contribution in [3.05, 3.63) is 28.8 Å². The van der Waals surface area contributed by atoms with Gasteiger partial charge in [0.15, 0.2) is 0 Å². The van der Waals surface area contributed by atoms with E-state index >= 15 is 0 Å². The Hall–Kier alpha value is -1.79. The molecule has 32 heavy (non-hydrogen) atoms. The smallest absolute Gasteiger partial charge is 0.410 e. The number of rotatable bonds is 3. The molecule has 0 unspecified atom stereocenters. The lowest BCUT2D eigenvalue weighted by atomic mass is 9.78. The first-order valence-corrected chi connectivity index (χ1v) is 12.3. The van der Waals surface area contributed by atoms with Crippen LogP contribution in [0.5, 0.6) is 0 Å². The lowest BCUT2D eigenvalue weighted by molar-refractivity contribution is -0.119. The summed E-state index contributed by atoms with van der Waals surface area (Å²) in [5.41, 5.74) is 2.18. The summed E-state index contributed by atoms with van der Waals surface area (Å²) in [5.74, 6) is 0.342. The predicted molar refractivity (Wildman–Crippen MR) is 127 cm³/mol. The number of hydrogen-bond acceptors (Lipinski definition) is 5. The Morgan fingerprint density at radius 1 is 1.06 bits per heavy atom. The molecule has 1 spiro atoms. The number of likely N-dealkylation sites (tertiary alicyclic amines) is 2. The summed E-state index contributed by atoms with van der Waals surface area (Å²) in [6.45, 7) is 11.8. The van der Waals surface area contributed by atoms with E-state index in [9.17, 15) is 9.59 Å². The molecular formula is C25H36ClN3O3. The highest BCUT2D eigenvalue weighted by Crippen LogP contribution is 2.42. The quantitative estimate of drug-likeness (QED) is 0.651. The number of carbonyl (C=O) groups excluding carboxylic acids is 2. The zero-order valence-electron chi connectivity index (χ0n) is 19.7. The molecule has 1 aromatic rings. The van der Waals surface area contributed by atoms with Crippen LogP contribution in [0.15, 0.2) is 18.2 Å². The van der Waals surface area contributed by atoms with Gasteiger partial charge in [0.05, 0.1) is 10.7 Å². The SMILES string of the molecule is CC(C)(C)OC(=O)N1CCC2(CCN(Cc3cccc(Cl)c3N3CCC(=O)CC3)C2)CC1. The summed E-state index contributed by atoms with van der Waals surface area (Å²) < 4.78 is 5.56. The van der Waals surface area contributed by atoms with Crippen LogP contribution < -0.4 is 4.90 Å². The molecule has 0 aromatic heterocycles. The summed E-state index contributed by atoms with van der Waals surface area (Å²) in [6, 6.07) is 6.16. The zero-order chi connectivity index (χ0) is 22.9. The molecule has 1 amide bonds. The largest absolute Gasteiger partial charge is 0.444 e. The Kier molecular flexibility index (Phi) is 6.73. The first kappa shape index (κ1) is 23.4. The molecule has 0 bridgehead atoms. The highest BCUT2D eigenvalue weighted by atomic mass is 35.5. The molecule has 7 heteroatoms. The van der Waals surface area contributed by atoms with Crippen molar-refractivity contribution in [1.82, 2.24) is 9.80 Å². The van der Waals surface area contributed by atoms with Gasteiger partial charge in [0, 0.05) is 52.1 Å². The zero-order valence-corrected chi connectivity index (χ0v) is 20.4. The minimum atomic E-state index is -0.452. The molecule has 0 N–H and O–H groups in total. The van der Waals surface area contributed by atoms with Crippen LogP contribution >= 0.6 is 11.6 Å². The molecule has 3 saturated heterocycles. The maximum Gasteiger partial charge on any atom is 0.410 e. The fraction of sp³-hybridized carbons (Fsp3) is 0.680. The molecular weight excluding hydrogens is 426 g/mol. The van der Waals surface area contributed by atoms with E-state index in [0.717, 1.165) is 69.4 Å². The number of piperidine rings is 2. The van der Waals surface area contributed by atoms with Gasteiger partial charge in [-0.25, -0.2) is 4.79 Å². The molecule has 3 aliphatic heterocycles. The van der Waals surface area contributed by atoms with Crippen LogP contribution in [-0.2, 0) is 16.1 Å². The fourth-order valence-corrected chi connectivity index (χ4v) is 5.64. The molecule has 6 nitrogen and oxygen atoms in total. The van der Waals surface area contributed by atoms with E-state index in [0.29, 0.717) is 18.6 Å². The van der Waals surface area contributed by atoms with Crippen LogP contribution in [0.2, 0.25) is 5.02 Å². The van der Waals surface area contributed by atoms with Crippen molar-refractivity contribution >= 4 is 29.2 Å². The topological polar surface area (TPSA) is 53.1 Å². The van der Waals surface area contributed by atoms with Crippen molar-refractivity contribution in [2.75, 3.05) is 44.2 Å². The van der Waals surface area contributed by atoms with Gasteiger partial charge in [-0.15, -0.1) is 0 Å². The average Bonchev–Trinajstić information content (AvgIpc) is 3.10. The predicted octanol–water partition coefficient (Wildman–Crippen LogP) is 4.73. The number of ether oxygens (including phenoxy) is 1. The minimum absolute atomic E-state index is 0.189. The summed E-state index contributed by atoms with van der Waals surface area (Å²) >= 11 is 6.62. The van der Waals surface area contributed by atoms with Gasteiger partial charge in [0.25, 0.3) is 0 Å². The van der Waals surface area contributed by atoms with Gasteiger partial charge in [-0.1, -0.05) is 23.7 Å². The summed E-state index contributed by atoms with van der Waals surface area (Å²) in [5, 5.41) is 0.774. The fourth-order valence-electron chi connectivity index (χ4n) is 5.32. The Morgan fingerprint density at radius 2 is 1.72 bits per heavy atom. The Morgan fingerprint density at radius 3 is 2.38 bits per heavy atom. The Bertz CT molecular complexity index is 848. The van der Waals surface area contributed by atoms with E-state index in [-0.39, 0.29) is 11.5 Å². The first-order chi connectivity index (χ1) is 15.1. The molecule has 1 aromatic carbocycles. The monoisotopic (exact) mass is 461 g/mol. The van der Waals surface area contributed by atoms with Gasteiger partial charge in [-0.05, 0) is 63.6 Å². The number of ketones is 1. The highest BCUT2D eigenvalue weighted by molar-refractivity contribution is 6.33. The normalized spacial score (nSPS) is 21.9. The third-order valence-corrected chi connectivity index (χ3v) is 7.40. The molecule has 0 saturated carbocycles. The number of hydrogen-bond donors (Lipinski definition) is 0. The highest BCUT2D eigenvalue weighted by Gasteiger charge is 2.42. The molecule has 3 heterocycles. The van der Waals surface area contributed by atoms with Crippen molar-refractivity contribution in [3.8, 4) is 0 Å². The van der Waals surface area contributed by atoms with Crippen molar-refractivity contribution in [2.24, 2.45) is 5.41 Å². The molecule has 176 valence electrons. The van der Waals surface area contributed by atoms with E-state index in [1.54, 1.807) is 0 Å². The van der Waals surface area contributed by atoms with E-state index < -0.39 is 5.60 Å². The van der Waals surface area contributed by atoms with Crippen LogP contribution in [0, 0.1) is 5.41 Å². The maximum atomic E-state index is 12.4. The van der Waals surface area contributed by atoms with E-state index in [4.69, 9.17) is 16.3 Å². The second-order valence-electron chi connectivity index (χ2n) is 10.7. The van der Waals surface area contributed by atoms with E-state index in [1.165, 1.54) is 12.0 Å². The van der Waals surface area contributed by atoms with Gasteiger partial charge < -0.3 is 14.5 Å². The van der Waals surface area contributed by atoms with Crippen LogP contribution in [0.25, 0.3) is 0 Å². The summed E-state index contributed by atoms with van der Waals surface area (Å²) in [6.07, 6.45) is 4.24. The number of halogens is 1. The number of Topliss-reactive ketones (excluding diaryl/α,β-unsaturated/α-hetero) is 1. The van der Waals surface area contributed by atoms with Gasteiger partial charge in [-0.3, -0.25) is 9.69 Å². The Balaban J connectivity index is 1.37. The third-order valence-electron chi connectivity index (χ3n) is 7.09. The number of amides is 1. The molecule has 3 fully saturated rings. The summed E-state index contributed by atoms with van der Waals surface area (Å²) in [7, 11) is 0. The lowest BCUT2D eigenvalue weighted by Gasteiger charge is -2.39. The van der Waals surface area contributed by atoms with Crippen LogP contribution in [0.3, 0.4) is 0 Å². The number of carbonyl (C=O) groups is 2. The summed E-state index contributed by atoms with van der Waals surface area (Å²) in [4.78, 5) is 30.8. The van der Waals surface area contributed by atoms with Crippen molar-refractivity contribution in [3.63, 3.8) is 0 Å². The van der Waals surface area contributed by atoms with Crippen LogP contribution in [0.1, 0.15) is 58.4 Å². The standard InChI is InChI=1S/C25H36ClN3O3/c1-24(2,3)32-23(31)29-15-10-25(11-16-29)9-14-27(18-25)17-19-5-4-6-21(26)22(19)28-12-7-20(30)8-13-28/h4-6H,7-18H2,1-3H3. The number of anilines is 1. The number of para-hydroxylation sites is 1.